The molecule has 0 amide bonds. The maximum Gasteiger partial charge on any atom is 0.285 e. The van der Waals surface area contributed by atoms with Crippen LogP contribution in [0.3, 0.4) is 0 Å². The Morgan fingerprint density at radius 3 is 1.59 bits per heavy atom. The largest absolute Gasteiger partial charge is 0.285 e. The van der Waals surface area contributed by atoms with Crippen molar-refractivity contribution in [3.63, 3.8) is 0 Å². The highest BCUT2D eigenvalue weighted by Crippen LogP contribution is 2.21. The molecule has 0 spiro atoms. The Morgan fingerprint density at radius 1 is 0.773 bits per heavy atom. The van der Waals surface area contributed by atoms with Gasteiger partial charge in [-0.15, -0.1) is 0 Å². The molecular formula is C18H39N2S2+. The van der Waals surface area contributed by atoms with Gasteiger partial charge in [0.25, 0.3) is 4.38 Å². The number of hydrogen-bond donors (Lipinski definition) is 0. The van der Waals surface area contributed by atoms with Gasteiger partial charge in [-0.2, -0.15) is 0 Å². The molecule has 0 aliphatic rings. The van der Waals surface area contributed by atoms with Gasteiger partial charge in [0.1, 0.15) is 13.1 Å². The first-order valence-electron chi connectivity index (χ1n) is 9.32. The van der Waals surface area contributed by atoms with Gasteiger partial charge in [0.05, 0.1) is 0 Å². The van der Waals surface area contributed by atoms with Crippen molar-refractivity contribution in [2.24, 2.45) is 0 Å². The van der Waals surface area contributed by atoms with E-state index < -0.39 is 0 Å². The molecule has 0 atom stereocenters. The van der Waals surface area contributed by atoms with Crippen LogP contribution in [0.25, 0.3) is 0 Å². The van der Waals surface area contributed by atoms with Crippen LogP contribution in [-0.2, 0) is 0 Å². The summed E-state index contributed by atoms with van der Waals surface area (Å²) in [6.45, 7) is 14.0. The second kappa shape index (κ2) is 16.2. The summed E-state index contributed by atoms with van der Waals surface area (Å²) < 4.78 is 6.74. The van der Waals surface area contributed by atoms with Crippen LogP contribution in [0.1, 0.15) is 79.1 Å². The molecule has 4 heteroatoms. The minimum atomic E-state index is 1.22. The molecule has 0 aliphatic carbocycles. The van der Waals surface area contributed by atoms with Crippen molar-refractivity contribution in [3.05, 3.63) is 0 Å². The van der Waals surface area contributed by atoms with E-state index in [1.165, 1.54) is 81.9 Å². The molecule has 0 N–H and O–H groups in total. The SMILES string of the molecule is CCCCN(CCCC)SC(SC)=[N+](CCCC)CCCC. The lowest BCUT2D eigenvalue weighted by Gasteiger charge is -2.20. The zero-order chi connectivity index (χ0) is 16.6. The number of unbranched alkanes of at least 4 members (excludes halogenated alkanes) is 4. The fraction of sp³-hybridized carbons (Fsp3) is 0.944. The first-order valence-corrected chi connectivity index (χ1v) is 11.3. The molecule has 0 radical (unpaired) electrons. The van der Waals surface area contributed by atoms with E-state index in [4.69, 9.17) is 0 Å². The van der Waals surface area contributed by atoms with Crippen LogP contribution in [0.4, 0.5) is 0 Å². The van der Waals surface area contributed by atoms with E-state index in [9.17, 15) is 0 Å². The van der Waals surface area contributed by atoms with Gasteiger partial charge in [-0.05, 0) is 19.1 Å². The van der Waals surface area contributed by atoms with Gasteiger partial charge in [0.15, 0.2) is 0 Å². The van der Waals surface area contributed by atoms with Crippen molar-refractivity contribution in [1.82, 2.24) is 4.31 Å². The van der Waals surface area contributed by atoms with E-state index in [-0.39, 0.29) is 0 Å². The van der Waals surface area contributed by atoms with Gasteiger partial charge < -0.3 is 0 Å². The third-order valence-electron chi connectivity index (χ3n) is 3.73. The molecule has 132 valence electrons. The minimum Gasteiger partial charge on any atom is -0.241 e. The lowest BCUT2D eigenvalue weighted by molar-refractivity contribution is -0.523. The fourth-order valence-electron chi connectivity index (χ4n) is 2.20. The third kappa shape index (κ3) is 11.0. The Labute approximate surface area is 148 Å². The summed E-state index contributed by atoms with van der Waals surface area (Å²) in [4.78, 5) is 0. The van der Waals surface area contributed by atoms with E-state index in [1.54, 1.807) is 0 Å². The summed E-state index contributed by atoms with van der Waals surface area (Å²) in [7, 11) is 0. The number of hydrogen-bond acceptors (Lipinski definition) is 3. The van der Waals surface area contributed by atoms with E-state index in [0.29, 0.717) is 0 Å². The third-order valence-corrected chi connectivity index (χ3v) is 6.09. The van der Waals surface area contributed by atoms with E-state index in [1.807, 2.05) is 23.7 Å². The van der Waals surface area contributed by atoms with E-state index >= 15 is 0 Å². The van der Waals surface area contributed by atoms with Gasteiger partial charge in [-0.3, -0.25) is 0 Å². The van der Waals surface area contributed by atoms with Crippen molar-refractivity contribution < 1.29 is 4.58 Å². The highest BCUT2D eigenvalue weighted by molar-refractivity contribution is 8.37. The lowest BCUT2D eigenvalue weighted by atomic mass is 10.3. The molecule has 22 heavy (non-hydrogen) atoms. The molecule has 2 nitrogen and oxygen atoms in total. The lowest BCUT2D eigenvalue weighted by Crippen LogP contribution is -2.26. The van der Waals surface area contributed by atoms with E-state index in [0.717, 1.165) is 0 Å². The van der Waals surface area contributed by atoms with Crippen LogP contribution in [0, 0.1) is 0 Å². The summed E-state index contributed by atoms with van der Waals surface area (Å²) in [5, 5.41) is 0. The highest BCUT2D eigenvalue weighted by atomic mass is 32.2. The van der Waals surface area contributed by atoms with Crippen molar-refractivity contribution in [2.75, 3.05) is 32.4 Å². The molecule has 0 bridgehead atoms. The Balaban J connectivity index is 4.85. The summed E-state index contributed by atoms with van der Waals surface area (Å²) in [5.74, 6) is 0. The topological polar surface area (TPSA) is 6.25 Å². The van der Waals surface area contributed by atoms with Crippen molar-refractivity contribution in [2.45, 2.75) is 79.1 Å². The first-order chi connectivity index (χ1) is 10.7. The van der Waals surface area contributed by atoms with Gasteiger partial charge in [0, 0.05) is 37.9 Å². The maximum atomic E-state index is 2.63. The number of nitrogens with zero attached hydrogens (tertiary/aromatic N) is 2. The quantitative estimate of drug-likeness (QED) is 0.178. The highest BCUT2D eigenvalue weighted by Gasteiger charge is 2.18. The van der Waals surface area contributed by atoms with Crippen LogP contribution in [0.2, 0.25) is 0 Å². The Bertz CT molecular complexity index is 262. The molecule has 0 saturated carbocycles. The predicted molar refractivity (Wildman–Crippen MR) is 107 cm³/mol. The van der Waals surface area contributed by atoms with E-state index in [2.05, 4.69) is 42.8 Å². The van der Waals surface area contributed by atoms with Gasteiger partial charge in [-0.1, -0.05) is 65.1 Å². The predicted octanol–water partition coefficient (Wildman–Crippen LogP) is 5.87. The molecule has 0 heterocycles. The van der Waals surface area contributed by atoms with Gasteiger partial charge in [0.2, 0.25) is 0 Å². The monoisotopic (exact) mass is 347 g/mol. The standard InChI is InChI=1S/C18H39N2S2/c1-6-10-14-19(15-11-7-2)18(21-5)22-20(16-12-8-3)17-13-9-4/h6-17H2,1-5H3/q+1. The van der Waals surface area contributed by atoms with Crippen LogP contribution < -0.4 is 0 Å². The maximum absolute atomic E-state index is 2.63. The molecule has 0 rings (SSSR count). The van der Waals surface area contributed by atoms with Crippen LogP contribution in [-0.4, -0.2) is 45.7 Å². The first kappa shape index (κ1) is 22.3. The number of rotatable bonds is 13. The van der Waals surface area contributed by atoms with Crippen molar-refractivity contribution >= 4 is 28.1 Å². The number of thioether (sulfide) groups is 1. The average molecular weight is 348 g/mol. The smallest absolute Gasteiger partial charge is 0.241 e. The van der Waals surface area contributed by atoms with Crippen molar-refractivity contribution in [3.8, 4) is 0 Å². The van der Waals surface area contributed by atoms with Crippen LogP contribution in [0.15, 0.2) is 0 Å². The molecular weight excluding hydrogens is 308 g/mol. The minimum absolute atomic E-state index is 1.22. The Morgan fingerprint density at radius 2 is 1.23 bits per heavy atom. The zero-order valence-corrected chi connectivity index (χ0v) is 17.3. The zero-order valence-electron chi connectivity index (χ0n) is 15.7. The summed E-state index contributed by atoms with van der Waals surface area (Å²) in [6, 6.07) is 0. The molecule has 0 unspecified atom stereocenters. The summed E-state index contributed by atoms with van der Waals surface area (Å²) >= 11 is 3.96. The van der Waals surface area contributed by atoms with Crippen LogP contribution in [0.5, 0.6) is 0 Å². The Hall–Kier alpha value is 0.330. The summed E-state index contributed by atoms with van der Waals surface area (Å²) in [5.41, 5.74) is 0. The van der Waals surface area contributed by atoms with Gasteiger partial charge in [-0.25, -0.2) is 8.88 Å². The molecule has 0 aliphatic heterocycles. The van der Waals surface area contributed by atoms with Gasteiger partial charge >= 0.3 is 0 Å². The summed E-state index contributed by atoms with van der Waals surface area (Å²) in [6.07, 6.45) is 12.6. The normalized spacial score (nSPS) is 11.2. The average Bonchev–Trinajstić information content (AvgIpc) is 2.55. The molecule has 0 aromatic carbocycles. The molecule has 0 saturated heterocycles. The second-order valence-electron chi connectivity index (χ2n) is 5.89. The van der Waals surface area contributed by atoms with Crippen molar-refractivity contribution in [1.29, 1.82) is 0 Å². The van der Waals surface area contributed by atoms with Crippen LogP contribution >= 0.6 is 23.7 Å². The molecule has 0 aromatic heterocycles. The fourth-order valence-corrected chi connectivity index (χ4v) is 4.21. The molecule has 0 fully saturated rings. The second-order valence-corrected chi connectivity index (χ2v) is 8.03. The molecule has 0 aromatic rings. The Kier molecular flexibility index (Phi) is 16.4.